The van der Waals surface area contributed by atoms with Gasteiger partial charge in [0.05, 0.1) is 0 Å². The van der Waals surface area contributed by atoms with Crippen LogP contribution in [0.4, 0.5) is 0 Å². The van der Waals surface area contributed by atoms with E-state index >= 15 is 0 Å². The fourth-order valence-electron chi connectivity index (χ4n) is 0.227. The molecule has 0 aliphatic carbocycles. The van der Waals surface area contributed by atoms with Gasteiger partial charge in [0.25, 0.3) is 0 Å². The van der Waals surface area contributed by atoms with E-state index in [2.05, 4.69) is 55.4 Å². The molecule has 0 spiro atoms. The van der Waals surface area contributed by atoms with Crippen molar-refractivity contribution in [1.82, 2.24) is 0 Å². The molecule has 0 aliphatic rings. The van der Waals surface area contributed by atoms with Gasteiger partial charge in [0, 0.05) is 0 Å². The van der Waals surface area contributed by atoms with Crippen molar-refractivity contribution >= 4 is 11.3 Å². The molecule has 0 fully saturated rings. The van der Waals surface area contributed by atoms with E-state index in [-0.39, 0.29) is 0 Å². The third-order valence-electron chi connectivity index (χ3n) is 0.425. The first-order valence-corrected chi connectivity index (χ1v) is 7.41. The molecule has 1 heteroatoms. The highest BCUT2D eigenvalue weighted by Crippen LogP contribution is 2.08. The molecule has 0 N–H and O–H groups in total. The van der Waals surface area contributed by atoms with Crippen molar-refractivity contribution in [3.63, 3.8) is 0 Å². The highest BCUT2D eigenvalue weighted by molar-refractivity contribution is 7.07. The molecule has 104 valence electrons. The molecule has 0 bridgehead atoms. The molecule has 0 aromatic carbocycles. The first-order chi connectivity index (χ1) is 7.50. The van der Waals surface area contributed by atoms with Gasteiger partial charge in [-0.15, -0.1) is 0 Å². The zero-order valence-electron chi connectivity index (χ0n) is 13.7. The minimum Gasteiger partial charge on any atom is -0.152 e. The van der Waals surface area contributed by atoms with E-state index in [4.69, 9.17) is 0 Å². The van der Waals surface area contributed by atoms with E-state index in [9.17, 15) is 0 Å². The Balaban J connectivity index is -0.000000161. The summed E-state index contributed by atoms with van der Waals surface area (Å²) in [5.41, 5.74) is 1.00. The molecule has 0 saturated heterocycles. The average molecular weight is 259 g/mol. The summed E-state index contributed by atoms with van der Waals surface area (Å²) < 4.78 is 0. The molecule has 0 nitrogen and oxygen atoms in total. The Labute approximate surface area is 114 Å². The van der Waals surface area contributed by atoms with E-state index in [1.165, 1.54) is 0 Å². The minimum atomic E-state index is 0.500. The Kier molecular flexibility index (Phi) is 15.7. The summed E-state index contributed by atoms with van der Waals surface area (Å²) in [6.07, 6.45) is 0. The fraction of sp³-hybridized carbons (Fsp3) is 0.750. The summed E-state index contributed by atoms with van der Waals surface area (Å²) in [7, 11) is 0. The van der Waals surface area contributed by atoms with Gasteiger partial charge >= 0.3 is 0 Å². The lowest BCUT2D eigenvalue weighted by Gasteiger charge is -2.05. The molecule has 1 rings (SSSR count). The Morgan fingerprint density at radius 2 is 0.765 bits per heavy atom. The molecule has 0 saturated carbocycles. The number of hydrogen-bond donors (Lipinski definition) is 0. The minimum absolute atomic E-state index is 0.500. The largest absolute Gasteiger partial charge is 0.152 e. The van der Waals surface area contributed by atoms with Gasteiger partial charge in [-0.25, -0.2) is 0 Å². The Bertz CT molecular complexity index is 155. The van der Waals surface area contributed by atoms with E-state index in [0.29, 0.717) is 10.8 Å². The summed E-state index contributed by atoms with van der Waals surface area (Å²) in [6.45, 7) is 21.5. The first-order valence-electron chi connectivity index (χ1n) is 6.47. The van der Waals surface area contributed by atoms with Crippen LogP contribution in [0.2, 0.25) is 0 Å². The van der Waals surface area contributed by atoms with Gasteiger partial charge in [0.1, 0.15) is 0 Å². The number of rotatable bonds is 0. The lowest BCUT2D eigenvalue weighted by molar-refractivity contribution is 0.469. The second-order valence-electron chi connectivity index (χ2n) is 6.79. The molecule has 0 aliphatic heterocycles. The molecular weight excluding hydrogens is 224 g/mol. The van der Waals surface area contributed by atoms with Crippen LogP contribution in [0.5, 0.6) is 0 Å². The number of hydrogen-bond acceptors (Lipinski definition) is 1. The van der Waals surface area contributed by atoms with Gasteiger partial charge in [-0.3, -0.25) is 0 Å². The standard InChI is InChI=1S/2C5H12.C4H4S.C2H6/c2*1-5(2,3)4;1-2-4-5-3-1;1-2/h2*1-4H3;1-4H;1-2H3. The maximum atomic E-state index is 2.19. The van der Waals surface area contributed by atoms with Crippen LogP contribution in [0, 0.1) is 10.8 Å². The van der Waals surface area contributed by atoms with Gasteiger partial charge in [-0.1, -0.05) is 81.4 Å². The van der Waals surface area contributed by atoms with Crippen LogP contribution < -0.4 is 0 Å². The molecule has 17 heavy (non-hydrogen) atoms. The monoisotopic (exact) mass is 258 g/mol. The van der Waals surface area contributed by atoms with Crippen molar-refractivity contribution in [3.8, 4) is 0 Å². The van der Waals surface area contributed by atoms with Crippen LogP contribution in [0.25, 0.3) is 0 Å². The van der Waals surface area contributed by atoms with Gasteiger partial charge < -0.3 is 0 Å². The third-order valence-corrected chi connectivity index (χ3v) is 1.05. The normalized spacial score (nSPS) is 9.76. The Morgan fingerprint density at radius 3 is 0.824 bits per heavy atom. The molecule has 0 unspecified atom stereocenters. The van der Waals surface area contributed by atoms with Crippen molar-refractivity contribution in [2.45, 2.75) is 69.2 Å². The van der Waals surface area contributed by atoms with Crippen molar-refractivity contribution in [1.29, 1.82) is 0 Å². The van der Waals surface area contributed by atoms with Crippen LogP contribution in [-0.2, 0) is 0 Å². The first kappa shape index (κ1) is 21.9. The second-order valence-corrected chi connectivity index (χ2v) is 7.61. The zero-order chi connectivity index (χ0) is 14.5. The van der Waals surface area contributed by atoms with E-state index in [1.54, 1.807) is 11.3 Å². The molecule has 1 heterocycles. The van der Waals surface area contributed by atoms with Crippen LogP contribution in [0.3, 0.4) is 0 Å². The lowest BCUT2D eigenvalue weighted by Crippen LogP contribution is -1.93. The van der Waals surface area contributed by atoms with Gasteiger partial charge in [0.2, 0.25) is 0 Å². The number of thiophene rings is 1. The topological polar surface area (TPSA) is 0 Å². The van der Waals surface area contributed by atoms with Crippen LogP contribution >= 0.6 is 11.3 Å². The summed E-state index contributed by atoms with van der Waals surface area (Å²) in [5, 5.41) is 4.08. The lowest BCUT2D eigenvalue weighted by atomic mass is 10.0. The highest BCUT2D eigenvalue weighted by Gasteiger charge is 1.96. The van der Waals surface area contributed by atoms with Crippen molar-refractivity contribution in [2.75, 3.05) is 0 Å². The maximum Gasteiger partial charge on any atom is -0.00934 e. The van der Waals surface area contributed by atoms with Gasteiger partial charge in [-0.05, 0) is 21.6 Å². The summed E-state index contributed by atoms with van der Waals surface area (Å²) in [5.74, 6) is 0. The molecule has 1 aromatic rings. The SMILES string of the molecule is CC.CC(C)(C)C.CC(C)(C)C.c1ccsc1. The smallest absolute Gasteiger partial charge is 0.00934 e. The average Bonchev–Trinajstić information content (AvgIpc) is 2.56. The van der Waals surface area contributed by atoms with E-state index in [0.717, 1.165) is 0 Å². The highest BCUT2D eigenvalue weighted by atomic mass is 32.1. The maximum absolute atomic E-state index is 2.19. The summed E-state index contributed by atoms with van der Waals surface area (Å²) in [6, 6.07) is 4.04. The quantitative estimate of drug-likeness (QED) is 0.476. The van der Waals surface area contributed by atoms with Crippen LogP contribution in [-0.4, -0.2) is 0 Å². The van der Waals surface area contributed by atoms with Gasteiger partial charge in [0.15, 0.2) is 0 Å². The van der Waals surface area contributed by atoms with Crippen molar-refractivity contribution in [3.05, 3.63) is 22.9 Å². The summed E-state index contributed by atoms with van der Waals surface area (Å²) >= 11 is 1.71. The van der Waals surface area contributed by atoms with E-state index < -0.39 is 0 Å². The predicted octanol–water partition coefficient (Wildman–Crippen LogP) is 6.88. The van der Waals surface area contributed by atoms with Crippen molar-refractivity contribution in [2.24, 2.45) is 10.8 Å². The van der Waals surface area contributed by atoms with Gasteiger partial charge in [-0.2, -0.15) is 11.3 Å². The van der Waals surface area contributed by atoms with E-state index in [1.807, 2.05) is 36.7 Å². The zero-order valence-corrected chi connectivity index (χ0v) is 14.5. The fourth-order valence-corrected chi connectivity index (χ4v) is 0.680. The molecule has 1 aromatic heterocycles. The molecule has 0 atom stereocenters. The van der Waals surface area contributed by atoms with Crippen LogP contribution in [0.1, 0.15) is 69.2 Å². The second kappa shape index (κ2) is 12.2. The molecule has 0 radical (unpaired) electrons. The van der Waals surface area contributed by atoms with Crippen LogP contribution in [0.15, 0.2) is 22.9 Å². The predicted molar refractivity (Wildman–Crippen MR) is 85.9 cm³/mol. The Hall–Kier alpha value is -0.300. The van der Waals surface area contributed by atoms with Crippen molar-refractivity contribution < 1.29 is 0 Å². The Morgan fingerprint density at radius 1 is 0.588 bits per heavy atom. The molecule has 0 amide bonds. The third kappa shape index (κ3) is 133. The molecular formula is C16H34S. The summed E-state index contributed by atoms with van der Waals surface area (Å²) in [4.78, 5) is 0.